The minimum atomic E-state index is -0.731. The SMILES string of the molecule is CCCCC(CC(C)(C)CC(C)C(CCC)C(=O)O)C(=O)O. The highest BCUT2D eigenvalue weighted by Crippen LogP contribution is 2.37. The fraction of sp³-hybridized carbons (Fsp3) is 0.889. The zero-order chi connectivity index (χ0) is 17.3. The van der Waals surface area contributed by atoms with E-state index in [-0.39, 0.29) is 23.2 Å². The lowest BCUT2D eigenvalue weighted by atomic mass is 9.72. The molecular formula is C18H34O4. The lowest BCUT2D eigenvalue weighted by molar-refractivity contribution is -0.146. The molecule has 22 heavy (non-hydrogen) atoms. The highest BCUT2D eigenvalue weighted by Gasteiger charge is 2.32. The average molecular weight is 314 g/mol. The fourth-order valence-electron chi connectivity index (χ4n) is 3.49. The second kappa shape index (κ2) is 9.86. The van der Waals surface area contributed by atoms with E-state index in [1.165, 1.54) is 0 Å². The van der Waals surface area contributed by atoms with Gasteiger partial charge in [0.1, 0.15) is 0 Å². The Morgan fingerprint density at radius 3 is 1.95 bits per heavy atom. The molecule has 0 aromatic rings. The predicted molar refractivity (Wildman–Crippen MR) is 88.9 cm³/mol. The monoisotopic (exact) mass is 314 g/mol. The largest absolute Gasteiger partial charge is 0.481 e. The van der Waals surface area contributed by atoms with Crippen LogP contribution in [0.1, 0.15) is 79.6 Å². The van der Waals surface area contributed by atoms with Crippen molar-refractivity contribution in [3.63, 3.8) is 0 Å². The summed E-state index contributed by atoms with van der Waals surface area (Å²) in [5.74, 6) is -2.05. The Balaban J connectivity index is 4.76. The van der Waals surface area contributed by atoms with Crippen molar-refractivity contribution in [2.24, 2.45) is 23.2 Å². The maximum absolute atomic E-state index is 11.4. The maximum atomic E-state index is 11.4. The summed E-state index contributed by atoms with van der Waals surface area (Å²) in [6.45, 7) is 10.2. The maximum Gasteiger partial charge on any atom is 0.306 e. The van der Waals surface area contributed by atoms with Gasteiger partial charge in [-0.15, -0.1) is 0 Å². The Labute approximate surface area is 135 Å². The van der Waals surface area contributed by atoms with Gasteiger partial charge in [0.2, 0.25) is 0 Å². The highest BCUT2D eigenvalue weighted by molar-refractivity contribution is 5.70. The first kappa shape index (κ1) is 20.9. The van der Waals surface area contributed by atoms with Crippen molar-refractivity contribution in [3.05, 3.63) is 0 Å². The topological polar surface area (TPSA) is 74.6 Å². The summed E-state index contributed by atoms with van der Waals surface area (Å²) in [5, 5.41) is 18.7. The van der Waals surface area contributed by atoms with Crippen molar-refractivity contribution < 1.29 is 19.8 Å². The van der Waals surface area contributed by atoms with E-state index in [1.54, 1.807) is 0 Å². The summed E-state index contributed by atoms with van der Waals surface area (Å²) in [5.41, 5.74) is -0.155. The van der Waals surface area contributed by atoms with E-state index < -0.39 is 11.9 Å². The fourth-order valence-corrected chi connectivity index (χ4v) is 3.49. The summed E-state index contributed by atoms with van der Waals surface area (Å²) < 4.78 is 0. The van der Waals surface area contributed by atoms with Crippen LogP contribution in [-0.2, 0) is 9.59 Å². The molecule has 0 fully saturated rings. The van der Waals surface area contributed by atoms with E-state index in [2.05, 4.69) is 20.8 Å². The Hall–Kier alpha value is -1.06. The van der Waals surface area contributed by atoms with Crippen LogP contribution in [0.25, 0.3) is 0 Å². The molecule has 0 bridgehead atoms. The molecule has 0 heterocycles. The molecular weight excluding hydrogens is 280 g/mol. The van der Waals surface area contributed by atoms with Crippen LogP contribution in [0.2, 0.25) is 0 Å². The molecule has 130 valence electrons. The third-order valence-corrected chi connectivity index (χ3v) is 4.53. The van der Waals surface area contributed by atoms with E-state index in [4.69, 9.17) is 0 Å². The van der Waals surface area contributed by atoms with Gasteiger partial charge in [-0.2, -0.15) is 0 Å². The van der Waals surface area contributed by atoms with E-state index in [0.29, 0.717) is 19.3 Å². The zero-order valence-electron chi connectivity index (χ0n) is 14.9. The van der Waals surface area contributed by atoms with Gasteiger partial charge in [0.15, 0.2) is 0 Å². The van der Waals surface area contributed by atoms with Gasteiger partial charge in [-0.3, -0.25) is 9.59 Å². The number of hydrogen-bond donors (Lipinski definition) is 2. The molecule has 0 rings (SSSR count). The van der Waals surface area contributed by atoms with Crippen LogP contribution >= 0.6 is 0 Å². The van der Waals surface area contributed by atoms with Gasteiger partial charge >= 0.3 is 11.9 Å². The third-order valence-electron chi connectivity index (χ3n) is 4.53. The first-order valence-corrected chi connectivity index (χ1v) is 8.60. The number of carboxylic acid groups (broad SMARTS) is 2. The molecule has 0 aliphatic heterocycles. The van der Waals surface area contributed by atoms with Gasteiger partial charge in [-0.05, 0) is 37.0 Å². The van der Waals surface area contributed by atoms with Crippen LogP contribution in [0.15, 0.2) is 0 Å². The average Bonchev–Trinajstić information content (AvgIpc) is 2.39. The Morgan fingerprint density at radius 2 is 1.55 bits per heavy atom. The molecule has 0 saturated heterocycles. The van der Waals surface area contributed by atoms with E-state index >= 15 is 0 Å². The van der Waals surface area contributed by atoms with Crippen LogP contribution < -0.4 is 0 Å². The first-order valence-electron chi connectivity index (χ1n) is 8.60. The van der Waals surface area contributed by atoms with Gasteiger partial charge in [-0.25, -0.2) is 0 Å². The number of unbranched alkanes of at least 4 members (excludes halogenated alkanes) is 1. The van der Waals surface area contributed by atoms with Crippen LogP contribution in [0.4, 0.5) is 0 Å². The summed E-state index contributed by atoms with van der Waals surface area (Å²) in [6, 6.07) is 0. The molecule has 4 nitrogen and oxygen atoms in total. The van der Waals surface area contributed by atoms with Crippen molar-refractivity contribution in [2.75, 3.05) is 0 Å². The van der Waals surface area contributed by atoms with Gasteiger partial charge < -0.3 is 10.2 Å². The number of carbonyl (C=O) groups is 2. The zero-order valence-corrected chi connectivity index (χ0v) is 14.9. The second-order valence-electron chi connectivity index (χ2n) is 7.46. The Bertz CT molecular complexity index is 349. The van der Waals surface area contributed by atoms with Crippen molar-refractivity contribution in [2.45, 2.75) is 79.6 Å². The van der Waals surface area contributed by atoms with Gasteiger partial charge in [0.05, 0.1) is 11.8 Å². The minimum absolute atomic E-state index is 0.0630. The number of aliphatic carboxylic acids is 2. The molecule has 0 aliphatic carbocycles. The normalized spacial score (nSPS) is 16.0. The predicted octanol–water partition coefficient (Wildman–Crippen LogP) is 4.82. The van der Waals surface area contributed by atoms with Gasteiger partial charge in [0.25, 0.3) is 0 Å². The molecule has 0 spiro atoms. The summed E-state index contributed by atoms with van der Waals surface area (Å²) in [7, 11) is 0. The summed E-state index contributed by atoms with van der Waals surface area (Å²) in [4.78, 5) is 22.8. The lowest BCUT2D eigenvalue weighted by Crippen LogP contribution is -2.29. The Kier molecular flexibility index (Phi) is 9.38. The molecule has 2 N–H and O–H groups in total. The number of hydrogen-bond acceptors (Lipinski definition) is 2. The van der Waals surface area contributed by atoms with Crippen LogP contribution in [0.3, 0.4) is 0 Å². The molecule has 3 atom stereocenters. The van der Waals surface area contributed by atoms with E-state index in [9.17, 15) is 19.8 Å². The van der Waals surface area contributed by atoms with E-state index in [1.807, 2.05) is 13.8 Å². The lowest BCUT2D eigenvalue weighted by Gasteiger charge is -2.33. The van der Waals surface area contributed by atoms with Crippen LogP contribution in [0, 0.1) is 23.2 Å². The van der Waals surface area contributed by atoms with Gasteiger partial charge in [-0.1, -0.05) is 53.9 Å². The van der Waals surface area contributed by atoms with Crippen LogP contribution in [0.5, 0.6) is 0 Å². The van der Waals surface area contributed by atoms with Crippen molar-refractivity contribution in [3.8, 4) is 0 Å². The molecule has 0 saturated carbocycles. The van der Waals surface area contributed by atoms with Gasteiger partial charge in [0, 0.05) is 0 Å². The standard InChI is InChI=1S/C18H34O4/c1-6-8-10-14(16(19)20)12-18(4,5)11-13(3)15(9-7-2)17(21)22/h13-15H,6-12H2,1-5H3,(H,19,20)(H,21,22). The third kappa shape index (κ3) is 7.81. The highest BCUT2D eigenvalue weighted by atomic mass is 16.4. The summed E-state index contributed by atoms with van der Waals surface area (Å²) in [6.07, 6.45) is 5.54. The molecule has 0 radical (unpaired) electrons. The van der Waals surface area contributed by atoms with Crippen molar-refractivity contribution in [1.29, 1.82) is 0 Å². The minimum Gasteiger partial charge on any atom is -0.481 e. The molecule has 4 heteroatoms. The molecule has 0 aromatic heterocycles. The van der Waals surface area contributed by atoms with Crippen molar-refractivity contribution in [1.82, 2.24) is 0 Å². The quantitative estimate of drug-likeness (QED) is 0.541. The second-order valence-corrected chi connectivity index (χ2v) is 7.46. The molecule has 3 unspecified atom stereocenters. The van der Waals surface area contributed by atoms with E-state index in [0.717, 1.165) is 25.7 Å². The Morgan fingerprint density at radius 1 is 0.955 bits per heavy atom. The van der Waals surface area contributed by atoms with Crippen molar-refractivity contribution >= 4 is 11.9 Å². The molecule has 0 amide bonds. The molecule has 0 aromatic carbocycles. The number of rotatable bonds is 12. The van der Waals surface area contributed by atoms with Crippen LogP contribution in [-0.4, -0.2) is 22.2 Å². The number of carboxylic acids is 2. The molecule has 0 aliphatic rings. The summed E-state index contributed by atoms with van der Waals surface area (Å²) >= 11 is 0. The smallest absolute Gasteiger partial charge is 0.306 e. The first-order chi connectivity index (χ1) is 10.1.